The minimum Gasteiger partial charge on any atom is -0.476 e. The molecule has 116 valence electrons. The number of aromatic nitrogens is 3. The second-order valence-electron chi connectivity index (χ2n) is 5.32. The van der Waals surface area contributed by atoms with Crippen molar-refractivity contribution >= 4 is 11.8 Å². The van der Waals surface area contributed by atoms with Gasteiger partial charge in [-0.05, 0) is 25.0 Å². The molecular formula is C15H17FN4O2. The predicted molar refractivity (Wildman–Crippen MR) is 79.0 cm³/mol. The molecule has 1 aliphatic heterocycles. The van der Waals surface area contributed by atoms with Crippen LogP contribution < -0.4 is 4.90 Å². The Morgan fingerprint density at radius 1 is 1.09 bits per heavy atom. The average molecular weight is 304 g/mol. The average Bonchev–Trinajstić information content (AvgIpc) is 2.76. The molecule has 2 heterocycles. The molecule has 0 atom stereocenters. The fourth-order valence-electron chi connectivity index (χ4n) is 2.65. The number of halogens is 1. The second kappa shape index (κ2) is 6.13. The summed E-state index contributed by atoms with van der Waals surface area (Å²) in [5, 5.41) is 17.6. The summed E-state index contributed by atoms with van der Waals surface area (Å²) in [6.07, 6.45) is 4.23. The summed E-state index contributed by atoms with van der Waals surface area (Å²) in [7, 11) is 0. The summed E-state index contributed by atoms with van der Waals surface area (Å²) < 4.78 is 13.9. The molecule has 6 nitrogen and oxygen atoms in total. The molecule has 1 aliphatic rings. The third kappa shape index (κ3) is 2.79. The molecule has 1 fully saturated rings. The molecule has 0 aliphatic carbocycles. The molecule has 1 saturated heterocycles. The number of aromatic carboxylic acids is 1. The lowest BCUT2D eigenvalue weighted by Gasteiger charge is -2.19. The Hall–Kier alpha value is -2.44. The van der Waals surface area contributed by atoms with Gasteiger partial charge in [-0.2, -0.15) is 0 Å². The highest BCUT2D eigenvalue weighted by molar-refractivity contribution is 5.91. The van der Waals surface area contributed by atoms with E-state index in [-0.39, 0.29) is 11.4 Å². The minimum atomic E-state index is -1.15. The van der Waals surface area contributed by atoms with E-state index >= 15 is 0 Å². The van der Waals surface area contributed by atoms with Gasteiger partial charge in [-0.25, -0.2) is 9.18 Å². The maximum atomic E-state index is 13.9. The molecule has 0 bridgehead atoms. The van der Waals surface area contributed by atoms with Gasteiger partial charge in [0.25, 0.3) is 0 Å². The van der Waals surface area contributed by atoms with Crippen LogP contribution in [-0.2, 0) is 0 Å². The number of hydrogen-bond acceptors (Lipinski definition) is 4. The molecule has 1 aromatic heterocycles. The Balaban J connectivity index is 2.02. The lowest BCUT2D eigenvalue weighted by Crippen LogP contribution is -2.26. The van der Waals surface area contributed by atoms with Gasteiger partial charge in [0.15, 0.2) is 11.6 Å². The summed E-state index contributed by atoms with van der Waals surface area (Å²) in [5.74, 6) is -1.32. The van der Waals surface area contributed by atoms with Crippen molar-refractivity contribution < 1.29 is 14.3 Å². The van der Waals surface area contributed by atoms with Crippen LogP contribution in [0.5, 0.6) is 0 Å². The highest BCUT2D eigenvalue weighted by atomic mass is 19.1. The summed E-state index contributed by atoms with van der Waals surface area (Å²) in [4.78, 5) is 14.4. The van der Waals surface area contributed by atoms with Crippen LogP contribution in [0.1, 0.15) is 36.2 Å². The van der Waals surface area contributed by atoms with Crippen LogP contribution in [0.15, 0.2) is 24.3 Å². The van der Waals surface area contributed by atoms with E-state index in [4.69, 9.17) is 0 Å². The summed E-state index contributed by atoms with van der Waals surface area (Å²) in [6.45, 7) is 1.49. The van der Waals surface area contributed by atoms with Gasteiger partial charge in [-0.1, -0.05) is 25.0 Å². The minimum absolute atomic E-state index is 0.134. The second-order valence-corrected chi connectivity index (χ2v) is 5.32. The SMILES string of the molecule is O=C(O)c1nn(-c2ccccc2F)nc1N1CCCCCC1. The van der Waals surface area contributed by atoms with Crippen LogP contribution in [0.3, 0.4) is 0 Å². The highest BCUT2D eigenvalue weighted by Gasteiger charge is 2.24. The number of carboxylic acids is 1. The van der Waals surface area contributed by atoms with Gasteiger partial charge in [0.2, 0.25) is 5.69 Å². The van der Waals surface area contributed by atoms with E-state index in [9.17, 15) is 14.3 Å². The Bertz CT molecular complexity index is 678. The topological polar surface area (TPSA) is 71.2 Å². The van der Waals surface area contributed by atoms with Crippen molar-refractivity contribution in [2.24, 2.45) is 0 Å². The van der Waals surface area contributed by atoms with Crippen LogP contribution in [0.25, 0.3) is 5.69 Å². The van der Waals surface area contributed by atoms with Gasteiger partial charge in [0.1, 0.15) is 5.69 Å². The standard InChI is InChI=1S/C15H17FN4O2/c16-11-7-3-4-8-12(11)20-17-13(15(21)22)14(18-20)19-9-5-1-2-6-10-19/h3-4,7-8H,1-2,5-6,9-10H2,(H,21,22). The summed E-state index contributed by atoms with van der Waals surface area (Å²) in [6, 6.07) is 6.04. The number of hydrogen-bond donors (Lipinski definition) is 1. The van der Waals surface area contributed by atoms with Crippen LogP contribution in [0.2, 0.25) is 0 Å². The molecule has 3 rings (SSSR count). The van der Waals surface area contributed by atoms with Gasteiger partial charge in [0, 0.05) is 13.1 Å². The Morgan fingerprint density at radius 3 is 2.41 bits per heavy atom. The maximum Gasteiger partial charge on any atom is 0.360 e. The van der Waals surface area contributed by atoms with E-state index in [1.165, 1.54) is 12.1 Å². The van der Waals surface area contributed by atoms with Crippen LogP contribution >= 0.6 is 0 Å². The van der Waals surface area contributed by atoms with E-state index in [1.54, 1.807) is 12.1 Å². The Morgan fingerprint density at radius 2 is 1.77 bits per heavy atom. The number of para-hydroxylation sites is 1. The van der Waals surface area contributed by atoms with Crippen LogP contribution in [0, 0.1) is 5.82 Å². The molecule has 0 unspecified atom stereocenters. The van der Waals surface area contributed by atoms with Crippen LogP contribution in [0.4, 0.5) is 10.2 Å². The van der Waals surface area contributed by atoms with E-state index in [0.29, 0.717) is 5.82 Å². The van der Waals surface area contributed by atoms with Gasteiger partial charge >= 0.3 is 5.97 Å². The van der Waals surface area contributed by atoms with Gasteiger partial charge < -0.3 is 10.0 Å². The molecule has 0 radical (unpaired) electrons. The maximum absolute atomic E-state index is 13.9. The largest absolute Gasteiger partial charge is 0.476 e. The molecule has 7 heteroatoms. The van der Waals surface area contributed by atoms with Crippen LogP contribution in [-0.4, -0.2) is 39.2 Å². The first-order chi connectivity index (χ1) is 10.7. The van der Waals surface area contributed by atoms with Crippen molar-refractivity contribution in [3.05, 3.63) is 35.8 Å². The van der Waals surface area contributed by atoms with Crippen molar-refractivity contribution in [2.45, 2.75) is 25.7 Å². The summed E-state index contributed by atoms with van der Waals surface area (Å²) in [5.41, 5.74) is 0.0104. The monoisotopic (exact) mass is 304 g/mol. The first kappa shape index (κ1) is 14.5. The normalized spacial score (nSPS) is 15.6. The lowest BCUT2D eigenvalue weighted by atomic mass is 10.2. The van der Waals surface area contributed by atoms with Gasteiger partial charge in [-0.3, -0.25) is 0 Å². The fraction of sp³-hybridized carbons (Fsp3) is 0.400. The quantitative estimate of drug-likeness (QED) is 0.943. The zero-order chi connectivity index (χ0) is 15.5. The van der Waals surface area contributed by atoms with Crippen molar-refractivity contribution in [2.75, 3.05) is 18.0 Å². The molecule has 1 aromatic carbocycles. The van der Waals surface area contributed by atoms with Crippen molar-refractivity contribution in [3.8, 4) is 5.69 Å². The van der Waals surface area contributed by atoms with E-state index in [1.807, 2.05) is 4.90 Å². The first-order valence-electron chi connectivity index (χ1n) is 7.37. The van der Waals surface area contributed by atoms with Gasteiger partial charge in [-0.15, -0.1) is 15.0 Å². The zero-order valence-corrected chi connectivity index (χ0v) is 12.1. The zero-order valence-electron chi connectivity index (χ0n) is 12.1. The number of benzene rings is 1. The third-order valence-electron chi connectivity index (χ3n) is 3.77. The van der Waals surface area contributed by atoms with Gasteiger partial charge in [0.05, 0.1) is 0 Å². The Labute approximate surface area is 127 Å². The number of nitrogens with zero attached hydrogens (tertiary/aromatic N) is 4. The molecular weight excluding hydrogens is 287 g/mol. The van der Waals surface area contributed by atoms with Crippen molar-refractivity contribution in [1.82, 2.24) is 15.0 Å². The lowest BCUT2D eigenvalue weighted by molar-refractivity contribution is 0.0690. The van der Waals surface area contributed by atoms with E-state index in [0.717, 1.165) is 43.6 Å². The molecule has 0 amide bonds. The Kier molecular flexibility index (Phi) is 4.04. The fourth-order valence-corrected chi connectivity index (χ4v) is 2.65. The number of carbonyl (C=O) groups is 1. The number of anilines is 1. The highest BCUT2D eigenvalue weighted by Crippen LogP contribution is 2.22. The number of rotatable bonds is 3. The molecule has 0 saturated carbocycles. The molecule has 2 aromatic rings. The first-order valence-corrected chi connectivity index (χ1v) is 7.37. The van der Waals surface area contributed by atoms with E-state index in [2.05, 4.69) is 10.2 Å². The summed E-state index contributed by atoms with van der Waals surface area (Å²) >= 11 is 0. The smallest absolute Gasteiger partial charge is 0.360 e. The molecule has 22 heavy (non-hydrogen) atoms. The predicted octanol–water partition coefficient (Wildman–Crippen LogP) is 2.49. The van der Waals surface area contributed by atoms with E-state index < -0.39 is 11.8 Å². The van der Waals surface area contributed by atoms with Crippen molar-refractivity contribution in [1.29, 1.82) is 0 Å². The number of carboxylic acid groups (broad SMARTS) is 1. The molecule has 1 N–H and O–H groups in total. The van der Waals surface area contributed by atoms with Crippen molar-refractivity contribution in [3.63, 3.8) is 0 Å². The molecule has 0 spiro atoms. The third-order valence-corrected chi connectivity index (χ3v) is 3.77.